The molecule has 0 saturated carbocycles. The molecule has 0 aromatic heterocycles. The van der Waals surface area contributed by atoms with E-state index in [1.54, 1.807) is 25.6 Å². The summed E-state index contributed by atoms with van der Waals surface area (Å²) in [6.45, 7) is 4.50. The van der Waals surface area contributed by atoms with Crippen LogP contribution < -0.4 is 4.90 Å². The zero-order valence-corrected chi connectivity index (χ0v) is 14.2. The van der Waals surface area contributed by atoms with Gasteiger partial charge in [-0.15, -0.1) is 11.8 Å². The van der Waals surface area contributed by atoms with E-state index in [2.05, 4.69) is 0 Å². The van der Waals surface area contributed by atoms with E-state index in [9.17, 15) is 9.59 Å². The standard InChI is InChI=1S/C15H19NO4S2/c1-3-19-13(17)9-16-11-7-5-6-8-12(11)22-15(16)21-10-14(18)20-4-2/h5-8,15H,3-4,9-10H2,1-2H3/t15-/m1/s1. The van der Waals surface area contributed by atoms with Crippen molar-refractivity contribution in [3.63, 3.8) is 0 Å². The molecule has 0 amide bonds. The number of benzene rings is 1. The first-order chi connectivity index (χ1) is 10.7. The maximum atomic E-state index is 11.8. The molecule has 1 aliphatic heterocycles. The van der Waals surface area contributed by atoms with Gasteiger partial charge in [-0.1, -0.05) is 23.9 Å². The normalized spacial score (nSPS) is 16.3. The monoisotopic (exact) mass is 341 g/mol. The van der Waals surface area contributed by atoms with Gasteiger partial charge in [0.25, 0.3) is 0 Å². The van der Waals surface area contributed by atoms with Crippen LogP contribution in [0.15, 0.2) is 29.2 Å². The zero-order valence-electron chi connectivity index (χ0n) is 12.6. The van der Waals surface area contributed by atoms with Gasteiger partial charge in [-0.2, -0.15) is 0 Å². The van der Waals surface area contributed by atoms with Gasteiger partial charge in [0.15, 0.2) is 0 Å². The minimum absolute atomic E-state index is 0.0359. The Labute approximate surface area is 138 Å². The number of hydrogen-bond acceptors (Lipinski definition) is 7. The van der Waals surface area contributed by atoms with Crippen LogP contribution in [0.2, 0.25) is 0 Å². The third-order valence-corrected chi connectivity index (χ3v) is 5.61. The number of para-hydroxylation sites is 1. The van der Waals surface area contributed by atoms with E-state index in [0.29, 0.717) is 13.2 Å². The smallest absolute Gasteiger partial charge is 0.325 e. The first-order valence-corrected chi connectivity index (χ1v) is 9.03. The fourth-order valence-electron chi connectivity index (χ4n) is 2.05. The van der Waals surface area contributed by atoms with Gasteiger partial charge in [-0.05, 0) is 26.0 Å². The number of rotatable bonds is 7. The van der Waals surface area contributed by atoms with Crippen LogP contribution in [0.5, 0.6) is 0 Å². The Hall–Kier alpha value is -1.34. The van der Waals surface area contributed by atoms with E-state index in [1.165, 1.54) is 11.8 Å². The quantitative estimate of drug-likeness (QED) is 0.707. The second-order valence-corrected chi connectivity index (χ2v) is 6.93. The molecule has 1 aromatic rings. The molecule has 0 fully saturated rings. The number of fused-ring (bicyclic) bond motifs is 1. The van der Waals surface area contributed by atoms with Crippen molar-refractivity contribution in [2.24, 2.45) is 0 Å². The molecule has 120 valence electrons. The summed E-state index contributed by atoms with van der Waals surface area (Å²) in [4.78, 5) is 26.4. The minimum atomic E-state index is -0.262. The summed E-state index contributed by atoms with van der Waals surface area (Å²) in [5.41, 5.74) is 1.00. The second-order valence-electron chi connectivity index (χ2n) is 4.44. The average Bonchev–Trinajstić information content (AvgIpc) is 2.84. The van der Waals surface area contributed by atoms with Crippen LogP contribution in [0.1, 0.15) is 13.8 Å². The first kappa shape index (κ1) is 17.0. The van der Waals surface area contributed by atoms with Crippen LogP contribution in [0, 0.1) is 0 Å². The van der Waals surface area contributed by atoms with Crippen molar-refractivity contribution in [1.29, 1.82) is 0 Å². The summed E-state index contributed by atoms with van der Waals surface area (Å²) in [5.74, 6) is -0.236. The highest BCUT2D eigenvalue weighted by Crippen LogP contribution is 2.47. The van der Waals surface area contributed by atoms with E-state index >= 15 is 0 Å². The van der Waals surface area contributed by atoms with Crippen LogP contribution >= 0.6 is 23.5 Å². The average molecular weight is 341 g/mol. The first-order valence-electron chi connectivity index (χ1n) is 7.10. The summed E-state index contributed by atoms with van der Waals surface area (Å²) in [6.07, 6.45) is 0. The number of esters is 2. The molecule has 1 atom stereocenters. The van der Waals surface area contributed by atoms with Gasteiger partial charge >= 0.3 is 11.9 Å². The van der Waals surface area contributed by atoms with Crippen molar-refractivity contribution < 1.29 is 19.1 Å². The van der Waals surface area contributed by atoms with Gasteiger partial charge in [0.2, 0.25) is 0 Å². The number of hydrogen-bond donors (Lipinski definition) is 0. The largest absolute Gasteiger partial charge is 0.465 e. The van der Waals surface area contributed by atoms with Crippen molar-refractivity contribution in [2.75, 3.05) is 30.4 Å². The highest BCUT2D eigenvalue weighted by Gasteiger charge is 2.32. The number of ether oxygens (including phenoxy) is 2. The van der Waals surface area contributed by atoms with Crippen molar-refractivity contribution in [3.05, 3.63) is 24.3 Å². The third kappa shape index (κ3) is 4.33. The third-order valence-electron chi connectivity index (χ3n) is 2.91. The van der Waals surface area contributed by atoms with Crippen LogP contribution in [0.3, 0.4) is 0 Å². The maximum Gasteiger partial charge on any atom is 0.325 e. The fraction of sp³-hybridized carbons (Fsp3) is 0.467. The maximum absolute atomic E-state index is 11.8. The number of carbonyl (C=O) groups is 2. The Morgan fingerprint density at radius 3 is 2.59 bits per heavy atom. The Kier molecular flexibility index (Phi) is 6.45. The van der Waals surface area contributed by atoms with E-state index in [0.717, 1.165) is 10.6 Å². The Morgan fingerprint density at radius 1 is 1.18 bits per heavy atom. The van der Waals surface area contributed by atoms with Gasteiger partial charge in [0.05, 0.1) is 24.7 Å². The predicted octanol–water partition coefficient (Wildman–Crippen LogP) is 2.74. The molecule has 0 spiro atoms. The van der Waals surface area contributed by atoms with Gasteiger partial charge in [0.1, 0.15) is 11.3 Å². The van der Waals surface area contributed by atoms with Crippen LogP contribution in [-0.4, -0.2) is 42.2 Å². The summed E-state index contributed by atoms with van der Waals surface area (Å²) in [7, 11) is 0. The fourth-order valence-corrected chi connectivity index (χ4v) is 4.56. The molecule has 5 nitrogen and oxygen atoms in total. The molecular weight excluding hydrogens is 322 g/mol. The molecular formula is C15H19NO4S2. The Balaban J connectivity index is 2.05. The summed E-state index contributed by atoms with van der Waals surface area (Å²) < 4.78 is 9.96. The Morgan fingerprint density at radius 2 is 1.86 bits per heavy atom. The van der Waals surface area contributed by atoms with Crippen LogP contribution in [0.4, 0.5) is 5.69 Å². The molecule has 0 saturated heterocycles. The molecule has 2 rings (SSSR count). The van der Waals surface area contributed by atoms with E-state index < -0.39 is 0 Å². The van der Waals surface area contributed by atoms with Gasteiger partial charge < -0.3 is 14.4 Å². The van der Waals surface area contributed by atoms with E-state index in [-0.39, 0.29) is 28.9 Å². The van der Waals surface area contributed by atoms with Crippen LogP contribution in [0.25, 0.3) is 0 Å². The van der Waals surface area contributed by atoms with Crippen molar-refractivity contribution in [1.82, 2.24) is 0 Å². The van der Waals surface area contributed by atoms with Gasteiger partial charge in [-0.25, -0.2) is 0 Å². The number of nitrogens with zero attached hydrogens (tertiary/aromatic N) is 1. The summed E-state index contributed by atoms with van der Waals surface area (Å²) >= 11 is 3.10. The molecule has 7 heteroatoms. The molecule has 1 aromatic carbocycles. The van der Waals surface area contributed by atoms with E-state index in [4.69, 9.17) is 9.47 Å². The van der Waals surface area contributed by atoms with Crippen molar-refractivity contribution in [3.8, 4) is 0 Å². The molecule has 0 N–H and O–H groups in total. The molecule has 22 heavy (non-hydrogen) atoms. The second kappa shape index (κ2) is 8.33. The van der Waals surface area contributed by atoms with Crippen LogP contribution in [-0.2, 0) is 19.1 Å². The predicted molar refractivity (Wildman–Crippen MR) is 89.2 cm³/mol. The number of anilines is 1. The van der Waals surface area contributed by atoms with Gasteiger partial charge in [-0.3, -0.25) is 9.59 Å². The summed E-state index contributed by atoms with van der Waals surface area (Å²) in [6, 6.07) is 7.90. The number of thioether (sulfide) groups is 2. The topological polar surface area (TPSA) is 55.8 Å². The lowest BCUT2D eigenvalue weighted by molar-refractivity contribution is -0.141. The van der Waals surface area contributed by atoms with Crippen molar-refractivity contribution >= 4 is 41.1 Å². The molecule has 0 radical (unpaired) electrons. The van der Waals surface area contributed by atoms with Gasteiger partial charge in [0, 0.05) is 4.90 Å². The summed E-state index contributed by atoms with van der Waals surface area (Å²) in [5, 5.41) is 0. The molecule has 0 unspecified atom stereocenters. The highest BCUT2D eigenvalue weighted by molar-refractivity contribution is 8.17. The minimum Gasteiger partial charge on any atom is -0.465 e. The van der Waals surface area contributed by atoms with Crippen molar-refractivity contribution in [2.45, 2.75) is 23.4 Å². The SMILES string of the molecule is CCOC(=O)CS[C@@H]1Sc2ccccc2N1CC(=O)OCC. The molecule has 1 heterocycles. The molecule has 1 aliphatic rings. The zero-order chi connectivity index (χ0) is 15.9. The molecule has 0 bridgehead atoms. The molecule has 0 aliphatic carbocycles. The lowest BCUT2D eigenvalue weighted by Crippen LogP contribution is -2.34. The Bertz CT molecular complexity index is 538. The highest BCUT2D eigenvalue weighted by atomic mass is 32.2. The lowest BCUT2D eigenvalue weighted by Gasteiger charge is -2.24. The lowest BCUT2D eigenvalue weighted by atomic mass is 10.3. The number of carbonyl (C=O) groups excluding carboxylic acids is 2. The van der Waals surface area contributed by atoms with E-state index in [1.807, 2.05) is 29.2 Å².